The number of ether oxygens (including phenoxy) is 1. The van der Waals surface area contributed by atoms with E-state index in [0.717, 1.165) is 22.4 Å². The zero-order valence-electron chi connectivity index (χ0n) is 18.5. The summed E-state index contributed by atoms with van der Waals surface area (Å²) >= 11 is 0. The fraction of sp³-hybridized carbons (Fsp3) is 0.192. The Bertz CT molecular complexity index is 1390. The Labute approximate surface area is 186 Å². The number of aromatic nitrogens is 2. The molecule has 0 unspecified atom stereocenters. The number of nitrogens with zero attached hydrogens (tertiary/aromatic N) is 3. The van der Waals surface area contributed by atoms with Crippen LogP contribution in [0.4, 0.5) is 0 Å². The van der Waals surface area contributed by atoms with E-state index in [0.29, 0.717) is 22.3 Å². The highest BCUT2D eigenvalue weighted by Gasteiger charge is 2.18. The lowest BCUT2D eigenvalue weighted by molar-refractivity contribution is 0.407. The van der Waals surface area contributed by atoms with Gasteiger partial charge in [-0.1, -0.05) is 38.1 Å². The molecule has 0 fully saturated rings. The van der Waals surface area contributed by atoms with Crippen molar-refractivity contribution < 1.29 is 9.84 Å². The number of para-hydroxylation sites is 2. The normalized spacial score (nSPS) is 11.5. The summed E-state index contributed by atoms with van der Waals surface area (Å²) in [7, 11) is 1.65. The predicted octanol–water partition coefficient (Wildman–Crippen LogP) is 5.09. The van der Waals surface area contributed by atoms with Gasteiger partial charge in [0.1, 0.15) is 11.5 Å². The molecule has 0 atom stereocenters. The maximum atomic E-state index is 13.4. The smallest absolute Gasteiger partial charge is 0.282 e. The first-order valence-electron chi connectivity index (χ1n) is 10.4. The van der Waals surface area contributed by atoms with Gasteiger partial charge in [-0.3, -0.25) is 4.79 Å². The van der Waals surface area contributed by atoms with Gasteiger partial charge >= 0.3 is 0 Å². The van der Waals surface area contributed by atoms with Crippen molar-refractivity contribution in [1.29, 1.82) is 0 Å². The summed E-state index contributed by atoms with van der Waals surface area (Å²) in [6.07, 6.45) is 1.47. The minimum Gasteiger partial charge on any atom is -0.507 e. The Hall–Kier alpha value is -3.93. The molecule has 4 aromatic rings. The van der Waals surface area contributed by atoms with E-state index in [1.807, 2.05) is 31.2 Å². The second kappa shape index (κ2) is 8.67. The molecule has 0 saturated carbocycles. The van der Waals surface area contributed by atoms with Gasteiger partial charge in [0.05, 0.1) is 24.2 Å². The number of aromatic hydroxyl groups is 1. The monoisotopic (exact) mass is 427 g/mol. The summed E-state index contributed by atoms with van der Waals surface area (Å²) in [6.45, 7) is 6.14. The lowest BCUT2D eigenvalue weighted by atomic mass is 9.96. The van der Waals surface area contributed by atoms with Gasteiger partial charge in [0.15, 0.2) is 5.82 Å². The van der Waals surface area contributed by atoms with Gasteiger partial charge in [-0.2, -0.15) is 9.78 Å². The third-order valence-electron chi connectivity index (χ3n) is 5.44. The van der Waals surface area contributed by atoms with Gasteiger partial charge in [-0.25, -0.2) is 4.98 Å². The highest BCUT2D eigenvalue weighted by atomic mass is 16.5. The SMILES string of the molecule is COc1cc(C)c(-c2nc3ccccc3c(=O)n2N=Cc2ccccc2O)cc1C(C)C. The molecule has 32 heavy (non-hydrogen) atoms. The van der Waals surface area contributed by atoms with E-state index in [4.69, 9.17) is 9.72 Å². The van der Waals surface area contributed by atoms with Crippen LogP contribution in [0.3, 0.4) is 0 Å². The number of benzene rings is 3. The minimum atomic E-state index is -0.279. The van der Waals surface area contributed by atoms with Crippen molar-refractivity contribution in [1.82, 2.24) is 9.66 Å². The van der Waals surface area contributed by atoms with Crippen molar-refractivity contribution in [3.63, 3.8) is 0 Å². The van der Waals surface area contributed by atoms with Gasteiger partial charge in [-0.05, 0) is 60.4 Å². The largest absolute Gasteiger partial charge is 0.507 e. The summed E-state index contributed by atoms with van der Waals surface area (Å²) in [6, 6.07) is 18.0. The predicted molar refractivity (Wildman–Crippen MR) is 128 cm³/mol. The van der Waals surface area contributed by atoms with Crippen molar-refractivity contribution in [2.24, 2.45) is 5.10 Å². The lowest BCUT2D eigenvalue weighted by Gasteiger charge is -2.17. The molecule has 0 radical (unpaired) electrons. The van der Waals surface area contributed by atoms with E-state index in [-0.39, 0.29) is 17.2 Å². The zero-order valence-corrected chi connectivity index (χ0v) is 18.5. The fourth-order valence-electron chi connectivity index (χ4n) is 3.69. The number of aryl methyl sites for hydroxylation is 1. The highest BCUT2D eigenvalue weighted by molar-refractivity contribution is 5.84. The average Bonchev–Trinajstić information content (AvgIpc) is 2.79. The fourth-order valence-corrected chi connectivity index (χ4v) is 3.69. The molecule has 0 amide bonds. The summed E-state index contributed by atoms with van der Waals surface area (Å²) in [5, 5.41) is 15.0. The van der Waals surface area contributed by atoms with Crippen LogP contribution in [0.25, 0.3) is 22.3 Å². The van der Waals surface area contributed by atoms with Crippen molar-refractivity contribution in [3.8, 4) is 22.9 Å². The first-order valence-corrected chi connectivity index (χ1v) is 10.4. The molecular weight excluding hydrogens is 402 g/mol. The van der Waals surface area contributed by atoms with Crippen LogP contribution in [0.2, 0.25) is 0 Å². The Morgan fingerprint density at radius 3 is 2.53 bits per heavy atom. The quantitative estimate of drug-likeness (QED) is 0.450. The maximum Gasteiger partial charge on any atom is 0.282 e. The molecule has 0 aliphatic heterocycles. The maximum absolute atomic E-state index is 13.4. The number of phenols is 1. The molecule has 3 aromatic carbocycles. The molecule has 1 aromatic heterocycles. The van der Waals surface area contributed by atoms with Crippen LogP contribution in [-0.4, -0.2) is 28.1 Å². The number of hydrogen-bond donors (Lipinski definition) is 1. The number of fused-ring (bicyclic) bond motifs is 1. The third kappa shape index (κ3) is 3.87. The Balaban J connectivity index is 2.01. The Morgan fingerprint density at radius 2 is 1.81 bits per heavy atom. The zero-order chi connectivity index (χ0) is 22.8. The van der Waals surface area contributed by atoms with Crippen molar-refractivity contribution >= 4 is 17.1 Å². The van der Waals surface area contributed by atoms with Gasteiger partial charge < -0.3 is 9.84 Å². The molecule has 162 valence electrons. The first-order chi connectivity index (χ1) is 15.4. The standard InChI is InChI=1S/C26H25N3O3/c1-16(2)20-14-21(17(3)13-24(20)32-4)25-28-22-11-7-6-10-19(22)26(31)29(25)27-15-18-9-5-8-12-23(18)30/h5-16,30H,1-4H3. The molecule has 4 rings (SSSR count). The van der Waals surface area contributed by atoms with Crippen LogP contribution in [0.1, 0.15) is 36.5 Å². The van der Waals surface area contributed by atoms with E-state index < -0.39 is 0 Å². The first kappa shape index (κ1) is 21.3. The van der Waals surface area contributed by atoms with Crippen molar-refractivity contribution in [2.45, 2.75) is 26.7 Å². The topological polar surface area (TPSA) is 76.7 Å². The molecule has 1 N–H and O–H groups in total. The molecule has 0 aliphatic rings. The second-order valence-corrected chi connectivity index (χ2v) is 7.94. The van der Waals surface area contributed by atoms with Crippen LogP contribution < -0.4 is 10.3 Å². The number of phenolic OH excluding ortho intramolecular Hbond substituents is 1. The van der Waals surface area contributed by atoms with Gasteiger partial charge in [0.2, 0.25) is 0 Å². The molecule has 0 spiro atoms. The molecule has 0 saturated heterocycles. The average molecular weight is 428 g/mol. The summed E-state index contributed by atoms with van der Waals surface area (Å²) in [5.74, 6) is 1.54. The molecule has 0 aliphatic carbocycles. The Kier molecular flexibility index (Phi) is 5.77. The van der Waals surface area contributed by atoms with Crippen LogP contribution in [0, 0.1) is 6.92 Å². The molecule has 0 bridgehead atoms. The number of methoxy groups -OCH3 is 1. The molecular formula is C26H25N3O3. The minimum absolute atomic E-state index is 0.0855. The molecule has 1 heterocycles. The summed E-state index contributed by atoms with van der Waals surface area (Å²) in [5.41, 5.74) is 3.56. The van der Waals surface area contributed by atoms with Crippen LogP contribution in [0.15, 0.2) is 70.6 Å². The van der Waals surface area contributed by atoms with Gasteiger partial charge in [0.25, 0.3) is 5.56 Å². The van der Waals surface area contributed by atoms with Crippen molar-refractivity contribution in [3.05, 3.63) is 87.7 Å². The lowest BCUT2D eigenvalue weighted by Crippen LogP contribution is -2.20. The van der Waals surface area contributed by atoms with Crippen LogP contribution in [0.5, 0.6) is 11.5 Å². The molecule has 6 nitrogen and oxygen atoms in total. The highest BCUT2D eigenvalue weighted by Crippen LogP contribution is 2.34. The number of hydrogen-bond acceptors (Lipinski definition) is 5. The van der Waals surface area contributed by atoms with Gasteiger partial charge in [0, 0.05) is 11.1 Å². The van der Waals surface area contributed by atoms with E-state index in [1.165, 1.54) is 10.9 Å². The summed E-state index contributed by atoms with van der Waals surface area (Å²) in [4.78, 5) is 18.2. The van der Waals surface area contributed by atoms with E-state index in [2.05, 4.69) is 18.9 Å². The Morgan fingerprint density at radius 1 is 1.09 bits per heavy atom. The number of rotatable bonds is 5. The molecule has 6 heteroatoms. The van der Waals surface area contributed by atoms with E-state index in [9.17, 15) is 9.90 Å². The summed E-state index contributed by atoms with van der Waals surface area (Å²) < 4.78 is 6.87. The van der Waals surface area contributed by atoms with Gasteiger partial charge in [-0.15, -0.1) is 0 Å². The van der Waals surface area contributed by atoms with Crippen LogP contribution >= 0.6 is 0 Å². The van der Waals surface area contributed by atoms with E-state index >= 15 is 0 Å². The second-order valence-electron chi connectivity index (χ2n) is 7.94. The third-order valence-corrected chi connectivity index (χ3v) is 5.44. The van der Waals surface area contributed by atoms with Crippen LogP contribution in [-0.2, 0) is 0 Å². The van der Waals surface area contributed by atoms with E-state index in [1.54, 1.807) is 43.5 Å². The van der Waals surface area contributed by atoms with Crippen molar-refractivity contribution in [2.75, 3.05) is 7.11 Å².